The van der Waals surface area contributed by atoms with E-state index >= 15 is 0 Å². The van der Waals surface area contributed by atoms with Gasteiger partial charge in [-0.25, -0.2) is 9.37 Å². The highest BCUT2D eigenvalue weighted by Gasteiger charge is 2.32. The van der Waals surface area contributed by atoms with Gasteiger partial charge < -0.3 is 4.90 Å². The molecule has 7 heteroatoms. The molecular weight excluding hydrogens is 413 g/mol. The number of nitrogens with one attached hydrogen (secondary N) is 1. The molecular formula is C24H24FN3O2S. The van der Waals surface area contributed by atoms with Crippen LogP contribution in [-0.2, 0) is 11.2 Å². The zero-order valence-corrected chi connectivity index (χ0v) is 18.8. The smallest absolute Gasteiger partial charge is 0.257 e. The first-order chi connectivity index (χ1) is 14.6. The number of hydrogen-bond donors (Lipinski definition) is 1. The Balaban J connectivity index is 1.57. The number of amides is 2. The van der Waals surface area contributed by atoms with Gasteiger partial charge in [-0.2, -0.15) is 0 Å². The van der Waals surface area contributed by atoms with Gasteiger partial charge in [0.05, 0.1) is 5.69 Å². The number of nitrogens with zero attached hydrogens (tertiary/aromatic N) is 2. The lowest BCUT2D eigenvalue weighted by molar-refractivity contribution is -0.125. The fourth-order valence-electron chi connectivity index (χ4n) is 3.68. The number of thiazole rings is 1. The third-order valence-electron chi connectivity index (χ3n) is 5.24. The predicted octanol–water partition coefficient (Wildman–Crippen LogP) is 5.45. The molecule has 0 unspecified atom stereocenters. The number of rotatable bonds is 3. The SMILES string of the molecule is Cc1sc(NC(=O)c2cccc(F)c2)nc1-c1ccc2c(c1)CCN2C(=O)C(C)(C)C. The van der Waals surface area contributed by atoms with E-state index in [4.69, 9.17) is 0 Å². The lowest BCUT2D eigenvalue weighted by Crippen LogP contribution is -2.38. The largest absolute Gasteiger partial charge is 0.311 e. The van der Waals surface area contributed by atoms with Gasteiger partial charge in [0.25, 0.3) is 5.91 Å². The Bertz CT molecular complexity index is 1180. The standard InChI is InChI=1S/C24H24FN3O2S/c1-14-20(26-23(31-14)27-21(29)17-6-5-7-18(25)13-17)16-8-9-19-15(12-16)10-11-28(19)22(30)24(2,3)4/h5-9,12-13H,10-11H2,1-4H3,(H,26,27,29). The van der Waals surface area contributed by atoms with Gasteiger partial charge in [0.15, 0.2) is 5.13 Å². The van der Waals surface area contributed by atoms with Crippen molar-refractivity contribution < 1.29 is 14.0 Å². The van der Waals surface area contributed by atoms with Crippen molar-refractivity contribution in [2.24, 2.45) is 5.41 Å². The summed E-state index contributed by atoms with van der Waals surface area (Å²) in [6, 6.07) is 11.6. The zero-order chi connectivity index (χ0) is 22.3. The van der Waals surface area contributed by atoms with E-state index in [1.165, 1.54) is 29.5 Å². The summed E-state index contributed by atoms with van der Waals surface area (Å²) in [4.78, 5) is 32.6. The second-order valence-corrected chi connectivity index (χ2v) is 9.89. The number of aryl methyl sites for hydroxylation is 1. The first-order valence-electron chi connectivity index (χ1n) is 10.1. The minimum Gasteiger partial charge on any atom is -0.311 e. The summed E-state index contributed by atoms with van der Waals surface area (Å²) >= 11 is 1.38. The molecule has 5 nitrogen and oxygen atoms in total. The van der Waals surface area contributed by atoms with Crippen LogP contribution >= 0.6 is 11.3 Å². The first-order valence-corrected chi connectivity index (χ1v) is 10.9. The number of anilines is 2. The Hall–Kier alpha value is -3.06. The van der Waals surface area contributed by atoms with Gasteiger partial charge in [0.2, 0.25) is 5.91 Å². The third-order valence-corrected chi connectivity index (χ3v) is 6.13. The number of carbonyl (C=O) groups is 2. The van der Waals surface area contributed by atoms with Crippen LogP contribution in [0.1, 0.15) is 41.6 Å². The van der Waals surface area contributed by atoms with Gasteiger partial charge in [-0.1, -0.05) is 32.9 Å². The highest BCUT2D eigenvalue weighted by Crippen LogP contribution is 2.37. The molecule has 1 aliphatic heterocycles. The van der Waals surface area contributed by atoms with Crippen LogP contribution in [0.2, 0.25) is 0 Å². The maximum absolute atomic E-state index is 13.4. The maximum atomic E-state index is 13.4. The summed E-state index contributed by atoms with van der Waals surface area (Å²) in [7, 11) is 0. The average Bonchev–Trinajstić information content (AvgIpc) is 3.29. The van der Waals surface area contributed by atoms with Crippen LogP contribution in [0.4, 0.5) is 15.2 Å². The molecule has 2 aromatic carbocycles. The van der Waals surface area contributed by atoms with E-state index in [2.05, 4.69) is 16.4 Å². The molecule has 2 amide bonds. The highest BCUT2D eigenvalue weighted by molar-refractivity contribution is 7.16. The minimum absolute atomic E-state index is 0.117. The summed E-state index contributed by atoms with van der Waals surface area (Å²) in [5.74, 6) is -0.739. The summed E-state index contributed by atoms with van der Waals surface area (Å²) in [5.41, 5.74) is 3.63. The summed E-state index contributed by atoms with van der Waals surface area (Å²) in [6.45, 7) is 8.42. The van der Waals surface area contributed by atoms with Gasteiger partial charge in [-0.05, 0) is 49.2 Å². The van der Waals surface area contributed by atoms with Crippen LogP contribution in [0.5, 0.6) is 0 Å². The van der Waals surface area contributed by atoms with Crippen molar-refractivity contribution in [3.05, 3.63) is 64.3 Å². The Labute approximate surface area is 184 Å². The molecule has 0 radical (unpaired) electrons. The lowest BCUT2D eigenvalue weighted by atomic mass is 9.94. The number of hydrogen-bond acceptors (Lipinski definition) is 4. The quantitative estimate of drug-likeness (QED) is 0.593. The van der Waals surface area contributed by atoms with E-state index < -0.39 is 17.1 Å². The van der Waals surface area contributed by atoms with Crippen molar-refractivity contribution >= 4 is 34.0 Å². The summed E-state index contributed by atoms with van der Waals surface area (Å²) < 4.78 is 13.4. The second kappa shape index (κ2) is 7.89. The van der Waals surface area contributed by atoms with Crippen molar-refractivity contribution in [1.82, 2.24) is 4.98 Å². The average molecular weight is 438 g/mol. The number of benzene rings is 2. The van der Waals surface area contributed by atoms with E-state index in [1.807, 2.05) is 44.7 Å². The van der Waals surface area contributed by atoms with Crippen LogP contribution in [0.25, 0.3) is 11.3 Å². The van der Waals surface area contributed by atoms with Crippen LogP contribution < -0.4 is 10.2 Å². The Kier molecular flexibility index (Phi) is 5.39. The molecule has 160 valence electrons. The molecule has 2 heterocycles. The van der Waals surface area contributed by atoms with Crippen LogP contribution in [0.15, 0.2) is 42.5 Å². The molecule has 4 rings (SSSR count). The monoisotopic (exact) mass is 437 g/mol. The molecule has 1 aliphatic rings. The van der Waals surface area contributed by atoms with E-state index in [9.17, 15) is 14.0 Å². The van der Waals surface area contributed by atoms with Gasteiger partial charge in [0, 0.05) is 33.7 Å². The molecule has 31 heavy (non-hydrogen) atoms. The summed E-state index contributed by atoms with van der Waals surface area (Å²) in [5, 5.41) is 3.22. The Morgan fingerprint density at radius 3 is 2.65 bits per heavy atom. The molecule has 3 aromatic rings. The van der Waals surface area contributed by atoms with Crippen LogP contribution in [0, 0.1) is 18.2 Å². The predicted molar refractivity (Wildman–Crippen MR) is 122 cm³/mol. The van der Waals surface area contributed by atoms with E-state index in [0.29, 0.717) is 11.7 Å². The van der Waals surface area contributed by atoms with Gasteiger partial charge in [-0.3, -0.25) is 14.9 Å². The maximum Gasteiger partial charge on any atom is 0.257 e. The fraction of sp³-hybridized carbons (Fsp3) is 0.292. The van der Waals surface area contributed by atoms with E-state index in [-0.39, 0.29) is 11.5 Å². The van der Waals surface area contributed by atoms with Crippen molar-refractivity contribution in [2.75, 3.05) is 16.8 Å². The molecule has 0 atom stereocenters. The van der Waals surface area contributed by atoms with Gasteiger partial charge in [-0.15, -0.1) is 11.3 Å². The van der Waals surface area contributed by atoms with E-state index in [1.54, 1.807) is 6.07 Å². The molecule has 1 N–H and O–H groups in total. The number of fused-ring (bicyclic) bond motifs is 1. The van der Waals surface area contributed by atoms with Gasteiger partial charge >= 0.3 is 0 Å². The molecule has 1 aromatic heterocycles. The molecule has 0 aliphatic carbocycles. The van der Waals surface area contributed by atoms with Gasteiger partial charge in [0.1, 0.15) is 5.82 Å². The topological polar surface area (TPSA) is 62.3 Å². The van der Waals surface area contributed by atoms with Crippen molar-refractivity contribution in [3.8, 4) is 11.3 Å². The molecule has 0 fully saturated rings. The Morgan fingerprint density at radius 2 is 1.94 bits per heavy atom. The summed E-state index contributed by atoms with van der Waals surface area (Å²) in [6.07, 6.45) is 0.803. The number of halogens is 1. The zero-order valence-electron chi connectivity index (χ0n) is 18.0. The Morgan fingerprint density at radius 1 is 1.16 bits per heavy atom. The first kappa shape index (κ1) is 21.2. The van der Waals surface area contributed by atoms with E-state index in [0.717, 1.165) is 33.8 Å². The molecule has 0 spiro atoms. The van der Waals surface area contributed by atoms with Crippen molar-refractivity contribution in [1.29, 1.82) is 0 Å². The second-order valence-electron chi connectivity index (χ2n) is 8.69. The fourth-order valence-corrected chi connectivity index (χ4v) is 4.51. The van der Waals surface area contributed by atoms with Crippen molar-refractivity contribution in [3.63, 3.8) is 0 Å². The molecule has 0 bridgehead atoms. The normalized spacial score (nSPS) is 13.3. The number of carbonyl (C=O) groups excluding carboxylic acids is 2. The third kappa shape index (κ3) is 4.23. The molecule has 0 saturated carbocycles. The molecule has 0 saturated heterocycles. The van der Waals surface area contributed by atoms with Crippen LogP contribution in [-0.4, -0.2) is 23.3 Å². The number of aromatic nitrogens is 1. The minimum atomic E-state index is -0.458. The highest BCUT2D eigenvalue weighted by atomic mass is 32.1. The van der Waals surface area contributed by atoms with Crippen LogP contribution in [0.3, 0.4) is 0 Å². The lowest BCUT2D eigenvalue weighted by Gasteiger charge is -2.26. The van der Waals surface area contributed by atoms with Crippen molar-refractivity contribution in [2.45, 2.75) is 34.1 Å².